The maximum absolute atomic E-state index is 11.5. The first-order chi connectivity index (χ1) is 19.9. The highest BCUT2D eigenvalue weighted by Gasteiger charge is 2.13. The molecular weight excluding hydrogens is 532 g/mol. The largest absolute Gasteiger partial charge is 0.467 e. The third-order valence-corrected chi connectivity index (χ3v) is 7.64. The Labute approximate surface area is 244 Å². The minimum absolute atomic E-state index is 0.151. The van der Waals surface area contributed by atoms with Crippen LogP contribution in [0.4, 0.5) is 0 Å². The molecule has 0 amide bonds. The Bertz CT molecular complexity index is 1670. The average Bonchev–Trinajstić information content (AvgIpc) is 3.52. The molecule has 2 heterocycles. The molecule has 0 saturated carbocycles. The van der Waals surface area contributed by atoms with E-state index in [1.165, 1.54) is 15.5 Å². The Balaban J connectivity index is 0.000000142. The van der Waals surface area contributed by atoms with Crippen molar-refractivity contribution < 1.29 is 23.9 Å². The van der Waals surface area contributed by atoms with Crippen molar-refractivity contribution in [3.8, 4) is 5.75 Å². The lowest BCUT2D eigenvalue weighted by Gasteiger charge is -2.17. The van der Waals surface area contributed by atoms with E-state index in [2.05, 4.69) is 6.07 Å². The van der Waals surface area contributed by atoms with E-state index >= 15 is 0 Å². The summed E-state index contributed by atoms with van der Waals surface area (Å²) in [5, 5.41) is 5.53. The minimum atomic E-state index is 0.151. The van der Waals surface area contributed by atoms with Crippen molar-refractivity contribution in [1.29, 1.82) is 0 Å². The number of hydrogen-bond donors (Lipinski definition) is 0. The highest BCUT2D eigenvalue weighted by molar-refractivity contribution is 7.17. The zero-order valence-corrected chi connectivity index (χ0v) is 24.5. The first kappa shape index (κ1) is 29.8. The molecule has 0 N–H and O–H groups in total. The molecule has 6 heteroatoms. The van der Waals surface area contributed by atoms with E-state index < -0.39 is 0 Å². The Hall–Kier alpha value is -4.13. The van der Waals surface area contributed by atoms with Gasteiger partial charge in [0, 0.05) is 46.2 Å². The lowest BCUT2D eigenvalue weighted by atomic mass is 10.0. The van der Waals surface area contributed by atoms with E-state index in [-0.39, 0.29) is 17.3 Å². The second kappa shape index (κ2) is 14.5. The van der Waals surface area contributed by atoms with Gasteiger partial charge in [-0.15, -0.1) is 11.3 Å². The summed E-state index contributed by atoms with van der Waals surface area (Å²) >= 11 is 1.70. The second-order valence-corrected chi connectivity index (χ2v) is 10.4. The zero-order valence-electron chi connectivity index (χ0n) is 23.6. The molecule has 0 aliphatic carbocycles. The van der Waals surface area contributed by atoms with Gasteiger partial charge in [0.1, 0.15) is 5.75 Å². The molecule has 1 aliphatic rings. The van der Waals surface area contributed by atoms with E-state index in [0.29, 0.717) is 32.7 Å². The second-order valence-electron chi connectivity index (χ2n) is 9.50. The summed E-state index contributed by atoms with van der Waals surface area (Å²) in [7, 11) is 0. The van der Waals surface area contributed by atoms with Crippen LogP contribution in [0.3, 0.4) is 0 Å². The number of ether oxygens (including phenoxy) is 2. The van der Waals surface area contributed by atoms with E-state index in [9.17, 15) is 14.4 Å². The van der Waals surface area contributed by atoms with Crippen LogP contribution in [0.25, 0.3) is 20.9 Å². The summed E-state index contributed by atoms with van der Waals surface area (Å²) in [6.07, 6.45) is 1.68. The molecule has 4 aromatic carbocycles. The van der Waals surface area contributed by atoms with Gasteiger partial charge in [-0.25, -0.2) is 0 Å². The number of carbonyl (C=O) groups excluding carboxylic acids is 3. The predicted octanol–water partition coefficient (Wildman–Crippen LogP) is 9.07. The van der Waals surface area contributed by atoms with Crippen LogP contribution in [0.5, 0.6) is 5.75 Å². The zero-order chi connectivity index (χ0) is 29.2. The molecule has 0 fully saturated rings. The molecule has 6 rings (SSSR count). The number of fused-ring (bicyclic) bond motifs is 3. The molecule has 1 aliphatic heterocycles. The highest BCUT2D eigenvalue weighted by Crippen LogP contribution is 2.25. The number of Topliss-reactive ketones (excluding diaryl/α,β-unsaturated/α-hetero) is 3. The minimum Gasteiger partial charge on any atom is -0.467 e. The molecule has 41 heavy (non-hydrogen) atoms. The van der Waals surface area contributed by atoms with Crippen LogP contribution in [0.1, 0.15) is 76.7 Å². The lowest BCUT2D eigenvalue weighted by molar-refractivity contribution is -0.0163. The molecule has 0 saturated heterocycles. The Morgan fingerprint density at radius 1 is 0.659 bits per heavy atom. The fraction of sp³-hybridized carbons (Fsp3) is 0.229. The van der Waals surface area contributed by atoms with Crippen molar-refractivity contribution in [2.45, 2.75) is 46.6 Å². The third-order valence-electron chi connectivity index (χ3n) is 6.75. The SMILES string of the molecule is CCC(=O)c1ccc2c(c1)COCO2.CCC(=O)c1ccc2ccccc2c1.CCC(=O)c1ccc2sccc2c1. The van der Waals surface area contributed by atoms with Crippen LogP contribution in [0, 0.1) is 0 Å². The van der Waals surface area contributed by atoms with Crippen molar-refractivity contribution in [1.82, 2.24) is 0 Å². The van der Waals surface area contributed by atoms with Gasteiger partial charge in [0.15, 0.2) is 24.1 Å². The van der Waals surface area contributed by atoms with E-state index in [1.807, 2.05) is 98.9 Å². The number of hydrogen-bond acceptors (Lipinski definition) is 6. The summed E-state index contributed by atoms with van der Waals surface area (Å²) < 4.78 is 11.6. The molecule has 1 aromatic heterocycles. The number of carbonyl (C=O) groups is 3. The van der Waals surface area contributed by atoms with Crippen LogP contribution in [-0.2, 0) is 11.3 Å². The molecular formula is C35H34O5S. The Kier molecular flexibility index (Phi) is 10.5. The van der Waals surface area contributed by atoms with Gasteiger partial charge in [-0.1, -0.05) is 57.2 Å². The number of ketones is 3. The van der Waals surface area contributed by atoms with Gasteiger partial charge in [-0.05, 0) is 70.1 Å². The highest BCUT2D eigenvalue weighted by atomic mass is 32.1. The topological polar surface area (TPSA) is 69.7 Å². The summed E-state index contributed by atoms with van der Waals surface area (Å²) in [6, 6.07) is 27.4. The van der Waals surface area contributed by atoms with Gasteiger partial charge in [0.25, 0.3) is 0 Å². The molecule has 5 aromatic rings. The molecule has 0 radical (unpaired) electrons. The quantitative estimate of drug-likeness (QED) is 0.192. The van der Waals surface area contributed by atoms with Crippen molar-refractivity contribution in [2.24, 2.45) is 0 Å². The van der Waals surface area contributed by atoms with Crippen LogP contribution in [0.15, 0.2) is 90.3 Å². The molecule has 210 valence electrons. The van der Waals surface area contributed by atoms with Gasteiger partial charge in [0.2, 0.25) is 0 Å². The van der Waals surface area contributed by atoms with E-state index in [4.69, 9.17) is 9.47 Å². The molecule has 0 bridgehead atoms. The van der Waals surface area contributed by atoms with Gasteiger partial charge in [-0.2, -0.15) is 0 Å². The van der Waals surface area contributed by atoms with Crippen molar-refractivity contribution in [3.63, 3.8) is 0 Å². The van der Waals surface area contributed by atoms with Gasteiger partial charge >= 0.3 is 0 Å². The monoisotopic (exact) mass is 566 g/mol. The van der Waals surface area contributed by atoms with E-state index in [0.717, 1.165) is 33.4 Å². The summed E-state index contributed by atoms with van der Waals surface area (Å²) in [6.45, 7) is 6.46. The van der Waals surface area contributed by atoms with Crippen molar-refractivity contribution >= 4 is 49.5 Å². The normalized spacial score (nSPS) is 11.8. The standard InChI is InChI=1S/C13H12O.C11H12O3.C11H10OS/c1-2-13(14)12-8-7-10-5-3-4-6-11(10)9-12;1-2-10(12)8-3-4-11-9(5-8)6-13-7-14-11;1-2-10(12)8-3-4-11-9(7-8)5-6-13-11/h3-9H,2H2,1H3;3-5H,2,6-7H2,1H3;3-7H,2H2,1H3. The maximum Gasteiger partial charge on any atom is 0.189 e. The van der Waals surface area contributed by atoms with Crippen LogP contribution in [-0.4, -0.2) is 24.1 Å². The maximum atomic E-state index is 11.5. The molecule has 5 nitrogen and oxygen atoms in total. The number of benzene rings is 4. The first-order valence-electron chi connectivity index (χ1n) is 13.8. The average molecular weight is 567 g/mol. The fourth-order valence-corrected chi connectivity index (χ4v) is 5.15. The molecule has 0 unspecified atom stereocenters. The van der Waals surface area contributed by atoms with Crippen molar-refractivity contribution in [2.75, 3.05) is 6.79 Å². The predicted molar refractivity (Wildman–Crippen MR) is 166 cm³/mol. The molecule has 0 atom stereocenters. The number of rotatable bonds is 6. The Morgan fingerprint density at radius 3 is 1.93 bits per heavy atom. The molecule has 0 spiro atoms. The van der Waals surface area contributed by atoms with Crippen molar-refractivity contribution in [3.05, 3.63) is 113 Å². The third kappa shape index (κ3) is 7.75. The van der Waals surface area contributed by atoms with Gasteiger partial charge < -0.3 is 9.47 Å². The van der Waals surface area contributed by atoms with Gasteiger partial charge in [-0.3, -0.25) is 14.4 Å². The lowest BCUT2D eigenvalue weighted by Crippen LogP contribution is -2.12. The Morgan fingerprint density at radius 2 is 1.24 bits per heavy atom. The summed E-state index contributed by atoms with van der Waals surface area (Å²) in [5.74, 6) is 1.39. The number of thiophene rings is 1. The fourth-order valence-electron chi connectivity index (χ4n) is 4.38. The van der Waals surface area contributed by atoms with Crippen LogP contribution < -0.4 is 4.74 Å². The van der Waals surface area contributed by atoms with Crippen LogP contribution >= 0.6 is 11.3 Å². The van der Waals surface area contributed by atoms with Crippen LogP contribution in [0.2, 0.25) is 0 Å². The van der Waals surface area contributed by atoms with Gasteiger partial charge in [0.05, 0.1) is 6.61 Å². The van der Waals surface area contributed by atoms with E-state index in [1.54, 1.807) is 17.4 Å². The summed E-state index contributed by atoms with van der Waals surface area (Å²) in [4.78, 5) is 34.3. The summed E-state index contributed by atoms with van der Waals surface area (Å²) in [5.41, 5.74) is 3.33. The smallest absolute Gasteiger partial charge is 0.189 e. The first-order valence-corrected chi connectivity index (χ1v) is 14.7.